The maximum absolute atomic E-state index is 12.9. The van der Waals surface area contributed by atoms with Crippen LogP contribution in [0.1, 0.15) is 46.0 Å². The summed E-state index contributed by atoms with van der Waals surface area (Å²) in [5.74, 6) is 0.921. The normalized spacial score (nSPS) is 14.6. The lowest BCUT2D eigenvalue weighted by Crippen LogP contribution is -2.38. The molecule has 0 spiro atoms. The molecule has 1 fully saturated rings. The molecule has 0 unspecified atom stereocenters. The first kappa shape index (κ1) is 21.0. The summed E-state index contributed by atoms with van der Waals surface area (Å²) in [6.07, 6.45) is 4.41. The quantitative estimate of drug-likeness (QED) is 0.766. The molecule has 0 atom stereocenters. The van der Waals surface area contributed by atoms with Gasteiger partial charge in [-0.25, -0.2) is 4.79 Å². The minimum atomic E-state index is -0.530. The van der Waals surface area contributed by atoms with Crippen LogP contribution in [0, 0.1) is 0 Å². The Morgan fingerprint density at radius 2 is 1.62 bits per heavy atom. The maximum atomic E-state index is 12.9. The van der Waals surface area contributed by atoms with Crippen molar-refractivity contribution in [2.45, 2.75) is 52.5 Å². The number of carbonyl (C=O) groups excluding carboxylic acids is 1. The number of aromatic nitrogens is 2. The largest absolute Gasteiger partial charge is 0.490 e. The average molecular weight is 403 g/mol. The first-order chi connectivity index (χ1) is 14.0. The summed E-state index contributed by atoms with van der Waals surface area (Å²) in [6.45, 7) is 6.11. The van der Waals surface area contributed by atoms with Crippen molar-refractivity contribution in [2.75, 3.05) is 26.3 Å². The van der Waals surface area contributed by atoms with Crippen LogP contribution in [0.2, 0.25) is 0 Å². The van der Waals surface area contributed by atoms with Gasteiger partial charge in [0, 0.05) is 32.1 Å². The average Bonchev–Trinajstić information content (AvgIpc) is 2.99. The summed E-state index contributed by atoms with van der Waals surface area (Å²) in [5.41, 5.74) is -0.573. The molecule has 1 N–H and O–H groups in total. The number of hydrogen-bond acceptors (Lipinski definition) is 5. The molecule has 1 aliphatic heterocycles. The van der Waals surface area contributed by atoms with Gasteiger partial charge in [-0.2, -0.15) is 0 Å². The second-order valence-electron chi connectivity index (χ2n) is 7.14. The van der Waals surface area contributed by atoms with E-state index in [4.69, 9.17) is 9.47 Å². The smallest absolute Gasteiger partial charge is 0.328 e. The van der Waals surface area contributed by atoms with Crippen LogP contribution >= 0.6 is 0 Å². The number of H-pyrrole nitrogens is 1. The fourth-order valence-electron chi connectivity index (χ4n) is 3.69. The van der Waals surface area contributed by atoms with E-state index in [9.17, 15) is 14.4 Å². The van der Waals surface area contributed by atoms with E-state index in [2.05, 4.69) is 4.98 Å². The van der Waals surface area contributed by atoms with Gasteiger partial charge in [-0.05, 0) is 32.8 Å². The molecule has 1 aliphatic rings. The van der Waals surface area contributed by atoms with Crippen molar-refractivity contribution in [2.24, 2.45) is 0 Å². The predicted molar refractivity (Wildman–Crippen MR) is 111 cm³/mol. The fourth-order valence-corrected chi connectivity index (χ4v) is 3.69. The van der Waals surface area contributed by atoms with Crippen LogP contribution in [-0.4, -0.2) is 46.7 Å². The number of rotatable bonds is 7. The van der Waals surface area contributed by atoms with E-state index in [1.807, 2.05) is 18.7 Å². The Labute approximate surface area is 169 Å². The molecule has 158 valence electrons. The van der Waals surface area contributed by atoms with Gasteiger partial charge in [-0.15, -0.1) is 0 Å². The number of aromatic amines is 1. The molecule has 1 aromatic heterocycles. The summed E-state index contributed by atoms with van der Waals surface area (Å²) in [5, 5.41) is 0.332. The van der Waals surface area contributed by atoms with E-state index in [0.29, 0.717) is 35.6 Å². The number of likely N-dealkylation sites (tertiary alicyclic amines) is 1. The second kappa shape index (κ2) is 9.62. The van der Waals surface area contributed by atoms with Gasteiger partial charge in [0.25, 0.3) is 5.56 Å². The third-order valence-electron chi connectivity index (χ3n) is 5.15. The molecule has 1 aromatic carbocycles. The van der Waals surface area contributed by atoms with Crippen LogP contribution in [0.3, 0.4) is 0 Å². The number of benzene rings is 1. The Morgan fingerprint density at radius 1 is 1.00 bits per heavy atom. The molecule has 1 amide bonds. The monoisotopic (exact) mass is 403 g/mol. The van der Waals surface area contributed by atoms with E-state index in [1.165, 1.54) is 0 Å². The molecular weight excluding hydrogens is 374 g/mol. The van der Waals surface area contributed by atoms with Gasteiger partial charge in [-0.1, -0.05) is 12.8 Å². The van der Waals surface area contributed by atoms with Crippen molar-refractivity contribution in [1.29, 1.82) is 0 Å². The molecule has 3 rings (SSSR count). The van der Waals surface area contributed by atoms with Crippen molar-refractivity contribution >= 4 is 16.8 Å². The van der Waals surface area contributed by atoms with Crippen LogP contribution in [-0.2, 0) is 11.3 Å². The number of ether oxygens (including phenoxy) is 2. The molecule has 8 nitrogen and oxygen atoms in total. The van der Waals surface area contributed by atoms with Gasteiger partial charge >= 0.3 is 5.69 Å². The molecule has 0 radical (unpaired) electrons. The van der Waals surface area contributed by atoms with E-state index in [-0.39, 0.29) is 18.9 Å². The highest BCUT2D eigenvalue weighted by Gasteiger charge is 2.18. The molecule has 0 aliphatic carbocycles. The SMILES string of the molecule is CCOc1cc2[nH]c(=O)n(CCC(=O)N3CCCCCC3)c(=O)c2cc1OCC. The molecule has 8 heteroatoms. The summed E-state index contributed by atoms with van der Waals surface area (Å²) < 4.78 is 12.2. The maximum Gasteiger partial charge on any atom is 0.328 e. The van der Waals surface area contributed by atoms with E-state index in [0.717, 1.165) is 43.3 Å². The number of amides is 1. The van der Waals surface area contributed by atoms with Gasteiger partial charge in [0.15, 0.2) is 11.5 Å². The van der Waals surface area contributed by atoms with Crippen LogP contribution < -0.4 is 20.7 Å². The van der Waals surface area contributed by atoms with Crippen molar-refractivity contribution in [3.63, 3.8) is 0 Å². The first-order valence-corrected chi connectivity index (χ1v) is 10.4. The van der Waals surface area contributed by atoms with E-state index < -0.39 is 11.2 Å². The summed E-state index contributed by atoms with van der Waals surface area (Å²) in [7, 11) is 0. The molecule has 29 heavy (non-hydrogen) atoms. The minimum Gasteiger partial charge on any atom is -0.490 e. The second-order valence-corrected chi connectivity index (χ2v) is 7.14. The number of hydrogen-bond donors (Lipinski definition) is 1. The lowest BCUT2D eigenvalue weighted by Gasteiger charge is -2.20. The van der Waals surface area contributed by atoms with Gasteiger partial charge in [-0.3, -0.25) is 14.2 Å². The molecule has 0 saturated carbocycles. The van der Waals surface area contributed by atoms with Crippen LogP contribution in [0.25, 0.3) is 10.9 Å². The Balaban J connectivity index is 1.88. The molecule has 2 aromatic rings. The lowest BCUT2D eigenvalue weighted by atomic mass is 10.2. The van der Waals surface area contributed by atoms with Crippen LogP contribution in [0.5, 0.6) is 11.5 Å². The summed E-state index contributed by atoms with van der Waals surface area (Å²) in [4.78, 5) is 42.5. The minimum absolute atomic E-state index is 0.0139. The van der Waals surface area contributed by atoms with Crippen LogP contribution in [0.15, 0.2) is 21.7 Å². The third kappa shape index (κ3) is 4.81. The zero-order valence-corrected chi connectivity index (χ0v) is 17.2. The van der Waals surface area contributed by atoms with Crippen molar-refractivity contribution in [1.82, 2.24) is 14.5 Å². The van der Waals surface area contributed by atoms with Gasteiger partial charge in [0.05, 0.1) is 24.1 Å². The Morgan fingerprint density at radius 3 is 2.24 bits per heavy atom. The highest BCUT2D eigenvalue weighted by Crippen LogP contribution is 2.30. The van der Waals surface area contributed by atoms with Gasteiger partial charge in [0.1, 0.15) is 0 Å². The molecule has 0 bridgehead atoms. The summed E-state index contributed by atoms with van der Waals surface area (Å²) in [6, 6.07) is 3.20. The number of fused-ring (bicyclic) bond motifs is 1. The van der Waals surface area contributed by atoms with E-state index >= 15 is 0 Å². The number of nitrogens with one attached hydrogen (secondary N) is 1. The number of nitrogens with zero attached hydrogens (tertiary/aromatic N) is 2. The highest BCUT2D eigenvalue weighted by atomic mass is 16.5. The zero-order chi connectivity index (χ0) is 20.8. The third-order valence-corrected chi connectivity index (χ3v) is 5.15. The fraction of sp³-hybridized carbons (Fsp3) is 0.571. The highest BCUT2D eigenvalue weighted by molar-refractivity contribution is 5.81. The molecule has 1 saturated heterocycles. The van der Waals surface area contributed by atoms with Crippen molar-refractivity contribution < 1.29 is 14.3 Å². The van der Waals surface area contributed by atoms with Crippen molar-refractivity contribution in [3.05, 3.63) is 33.0 Å². The predicted octanol–water partition coefficient (Wildman–Crippen LogP) is 2.28. The lowest BCUT2D eigenvalue weighted by molar-refractivity contribution is -0.131. The van der Waals surface area contributed by atoms with Gasteiger partial charge in [0.2, 0.25) is 5.91 Å². The molecular formula is C21H29N3O5. The molecule has 2 heterocycles. The van der Waals surface area contributed by atoms with Crippen molar-refractivity contribution in [3.8, 4) is 11.5 Å². The van der Waals surface area contributed by atoms with Crippen LogP contribution in [0.4, 0.5) is 0 Å². The standard InChI is InChI=1S/C21H29N3O5/c1-3-28-17-13-15-16(14-18(17)29-4-2)22-21(27)24(20(15)26)12-9-19(25)23-10-7-5-6-8-11-23/h13-14H,3-12H2,1-2H3,(H,22,27). The summed E-state index contributed by atoms with van der Waals surface area (Å²) >= 11 is 0. The van der Waals surface area contributed by atoms with Gasteiger partial charge < -0.3 is 19.4 Å². The zero-order valence-electron chi connectivity index (χ0n) is 17.2. The number of carbonyl (C=O) groups is 1. The Kier molecular flexibility index (Phi) is 6.95. The Hall–Kier alpha value is -2.77. The Bertz CT molecular complexity index is 971. The topological polar surface area (TPSA) is 93.6 Å². The first-order valence-electron chi connectivity index (χ1n) is 10.4. The van der Waals surface area contributed by atoms with E-state index in [1.54, 1.807) is 12.1 Å².